The smallest absolute Gasteiger partial charge is 0.339 e. The second-order valence-electron chi connectivity index (χ2n) is 5.23. The van der Waals surface area contributed by atoms with Crippen LogP contribution in [0.15, 0.2) is 52.3 Å². The Hall–Kier alpha value is -1.74. The summed E-state index contributed by atoms with van der Waals surface area (Å²) in [5.41, 5.74) is 3.37. The largest absolute Gasteiger partial charge is 0.465 e. The zero-order valence-electron chi connectivity index (χ0n) is 12.1. The minimum absolute atomic E-state index is 0.248. The van der Waals surface area contributed by atoms with E-state index in [1.54, 1.807) is 11.8 Å². The van der Waals surface area contributed by atoms with Gasteiger partial charge in [0.05, 0.1) is 12.7 Å². The first kappa shape index (κ1) is 14.2. The van der Waals surface area contributed by atoms with E-state index in [2.05, 4.69) is 18.2 Å². The topological polar surface area (TPSA) is 26.3 Å². The molecule has 0 N–H and O–H groups in total. The molecule has 2 aromatic rings. The number of aryl methyl sites for hydroxylation is 2. The average Bonchev–Trinajstić information content (AvgIpc) is 2.54. The van der Waals surface area contributed by atoms with Crippen molar-refractivity contribution in [2.45, 2.75) is 35.5 Å². The summed E-state index contributed by atoms with van der Waals surface area (Å²) >= 11 is 1.63. The average molecular weight is 298 g/mol. The van der Waals surface area contributed by atoms with E-state index < -0.39 is 0 Å². The minimum atomic E-state index is -0.248. The number of ether oxygens (including phenoxy) is 1. The fraction of sp³-hybridized carbons (Fsp3) is 0.278. The highest BCUT2D eigenvalue weighted by Crippen LogP contribution is 2.35. The summed E-state index contributed by atoms with van der Waals surface area (Å²) in [7, 11) is 1.44. The Morgan fingerprint density at radius 2 is 1.71 bits per heavy atom. The van der Waals surface area contributed by atoms with Gasteiger partial charge in [-0.1, -0.05) is 30.0 Å². The van der Waals surface area contributed by atoms with E-state index in [0.29, 0.717) is 5.56 Å². The molecule has 0 radical (unpaired) electrons. The van der Waals surface area contributed by atoms with E-state index in [9.17, 15) is 4.79 Å². The second kappa shape index (κ2) is 6.35. The fourth-order valence-corrected chi connectivity index (χ4v) is 3.73. The quantitative estimate of drug-likeness (QED) is 0.780. The van der Waals surface area contributed by atoms with Crippen LogP contribution in [0.3, 0.4) is 0 Å². The van der Waals surface area contributed by atoms with Crippen LogP contribution in [0.4, 0.5) is 0 Å². The van der Waals surface area contributed by atoms with Crippen LogP contribution in [0.5, 0.6) is 0 Å². The number of fused-ring (bicyclic) bond motifs is 1. The van der Waals surface area contributed by atoms with Crippen molar-refractivity contribution in [1.82, 2.24) is 0 Å². The van der Waals surface area contributed by atoms with Crippen molar-refractivity contribution < 1.29 is 9.53 Å². The molecule has 21 heavy (non-hydrogen) atoms. The van der Waals surface area contributed by atoms with E-state index in [1.807, 2.05) is 24.3 Å². The maximum Gasteiger partial charge on any atom is 0.339 e. The van der Waals surface area contributed by atoms with Gasteiger partial charge in [0.2, 0.25) is 0 Å². The normalized spacial score (nSPS) is 13.6. The van der Waals surface area contributed by atoms with Crippen molar-refractivity contribution in [3.05, 3.63) is 59.2 Å². The van der Waals surface area contributed by atoms with Gasteiger partial charge in [-0.2, -0.15) is 0 Å². The van der Waals surface area contributed by atoms with Gasteiger partial charge in [-0.15, -0.1) is 0 Å². The molecule has 108 valence electrons. The molecular formula is C18H18O2S. The first-order chi connectivity index (χ1) is 10.3. The Bertz CT molecular complexity index is 650. The van der Waals surface area contributed by atoms with Gasteiger partial charge in [0.25, 0.3) is 0 Å². The molecule has 0 unspecified atom stereocenters. The zero-order chi connectivity index (χ0) is 14.7. The molecule has 1 aliphatic rings. The van der Waals surface area contributed by atoms with Crippen LogP contribution in [-0.4, -0.2) is 13.1 Å². The third-order valence-corrected chi connectivity index (χ3v) is 4.89. The predicted molar refractivity (Wildman–Crippen MR) is 85.0 cm³/mol. The molecule has 3 heteroatoms. The van der Waals surface area contributed by atoms with Crippen molar-refractivity contribution in [3.63, 3.8) is 0 Å². The molecule has 0 bridgehead atoms. The third-order valence-electron chi connectivity index (χ3n) is 3.82. The van der Waals surface area contributed by atoms with Crippen molar-refractivity contribution in [1.29, 1.82) is 0 Å². The summed E-state index contributed by atoms with van der Waals surface area (Å²) in [4.78, 5) is 14.2. The molecule has 0 fully saturated rings. The summed E-state index contributed by atoms with van der Waals surface area (Å²) in [5.74, 6) is -0.248. The van der Waals surface area contributed by atoms with E-state index in [0.717, 1.165) is 22.6 Å². The molecule has 0 aliphatic heterocycles. The van der Waals surface area contributed by atoms with Crippen LogP contribution < -0.4 is 0 Å². The fourth-order valence-electron chi connectivity index (χ4n) is 2.73. The molecule has 0 aromatic heterocycles. The SMILES string of the molecule is COC(=O)c1cc2c(cc1Sc1ccccc1)CCCC2. The highest BCUT2D eigenvalue weighted by atomic mass is 32.2. The van der Waals surface area contributed by atoms with Gasteiger partial charge in [0.1, 0.15) is 0 Å². The summed E-state index contributed by atoms with van der Waals surface area (Å²) < 4.78 is 4.95. The van der Waals surface area contributed by atoms with Crippen molar-refractivity contribution in [3.8, 4) is 0 Å². The van der Waals surface area contributed by atoms with E-state index >= 15 is 0 Å². The number of carbonyl (C=O) groups excluding carboxylic acids is 1. The van der Waals surface area contributed by atoms with Crippen molar-refractivity contribution in [2.24, 2.45) is 0 Å². The Balaban J connectivity index is 2.02. The van der Waals surface area contributed by atoms with E-state index in [1.165, 1.54) is 31.1 Å². The number of hydrogen-bond donors (Lipinski definition) is 0. The number of benzene rings is 2. The lowest BCUT2D eigenvalue weighted by atomic mass is 9.90. The second-order valence-corrected chi connectivity index (χ2v) is 6.35. The predicted octanol–water partition coefficient (Wildman–Crippen LogP) is 4.50. The number of rotatable bonds is 3. The summed E-state index contributed by atoms with van der Waals surface area (Å²) in [6.07, 6.45) is 4.62. The summed E-state index contributed by atoms with van der Waals surface area (Å²) in [6, 6.07) is 14.4. The maximum atomic E-state index is 12.1. The molecule has 0 amide bonds. The van der Waals surface area contributed by atoms with Crippen molar-refractivity contribution in [2.75, 3.05) is 7.11 Å². The molecular weight excluding hydrogens is 280 g/mol. The summed E-state index contributed by atoms with van der Waals surface area (Å²) in [5, 5.41) is 0. The number of esters is 1. The molecule has 0 saturated carbocycles. The number of methoxy groups -OCH3 is 1. The Morgan fingerprint density at radius 1 is 1.05 bits per heavy atom. The first-order valence-electron chi connectivity index (χ1n) is 7.25. The Labute approximate surface area is 129 Å². The van der Waals surface area contributed by atoms with Crippen LogP contribution in [0.1, 0.15) is 34.3 Å². The first-order valence-corrected chi connectivity index (χ1v) is 8.06. The molecule has 2 nitrogen and oxygen atoms in total. The Kier molecular flexibility index (Phi) is 4.30. The molecule has 2 aromatic carbocycles. The lowest BCUT2D eigenvalue weighted by Gasteiger charge is -2.19. The van der Waals surface area contributed by atoms with Gasteiger partial charge in [0, 0.05) is 9.79 Å². The van der Waals surface area contributed by atoms with Gasteiger partial charge in [-0.25, -0.2) is 4.79 Å². The van der Waals surface area contributed by atoms with Gasteiger partial charge in [-0.3, -0.25) is 0 Å². The monoisotopic (exact) mass is 298 g/mol. The molecule has 0 saturated heterocycles. The highest BCUT2D eigenvalue weighted by Gasteiger charge is 2.18. The molecule has 3 rings (SSSR count). The zero-order valence-corrected chi connectivity index (χ0v) is 12.9. The van der Waals surface area contributed by atoms with E-state index in [4.69, 9.17) is 4.74 Å². The Morgan fingerprint density at radius 3 is 2.38 bits per heavy atom. The van der Waals surface area contributed by atoms with Crippen molar-refractivity contribution >= 4 is 17.7 Å². The van der Waals surface area contributed by atoms with Crippen LogP contribution >= 0.6 is 11.8 Å². The van der Waals surface area contributed by atoms with Crippen LogP contribution in [0.25, 0.3) is 0 Å². The highest BCUT2D eigenvalue weighted by molar-refractivity contribution is 7.99. The summed E-state index contributed by atoms with van der Waals surface area (Å²) in [6.45, 7) is 0. The lowest BCUT2D eigenvalue weighted by Crippen LogP contribution is -2.09. The van der Waals surface area contributed by atoms with Crippen LogP contribution in [0.2, 0.25) is 0 Å². The maximum absolute atomic E-state index is 12.1. The van der Waals surface area contributed by atoms with Gasteiger partial charge >= 0.3 is 5.97 Å². The lowest BCUT2D eigenvalue weighted by molar-refractivity contribution is 0.0596. The number of hydrogen-bond acceptors (Lipinski definition) is 3. The standard InChI is InChI=1S/C18H18O2S/c1-20-18(19)16-11-13-7-5-6-8-14(13)12-17(16)21-15-9-3-2-4-10-15/h2-4,9-12H,5-8H2,1H3. The van der Waals surface area contributed by atoms with E-state index in [-0.39, 0.29) is 5.97 Å². The third kappa shape index (κ3) is 3.13. The molecule has 0 spiro atoms. The molecule has 0 atom stereocenters. The molecule has 1 aliphatic carbocycles. The van der Waals surface area contributed by atoms with Gasteiger partial charge in [0.15, 0.2) is 0 Å². The van der Waals surface area contributed by atoms with Gasteiger partial charge in [-0.05, 0) is 61.1 Å². The molecule has 0 heterocycles. The minimum Gasteiger partial charge on any atom is -0.465 e. The van der Waals surface area contributed by atoms with Gasteiger partial charge < -0.3 is 4.74 Å². The van der Waals surface area contributed by atoms with Crippen LogP contribution in [0, 0.1) is 0 Å². The number of carbonyl (C=O) groups is 1. The van der Waals surface area contributed by atoms with Crippen LogP contribution in [-0.2, 0) is 17.6 Å².